The molecule has 0 aromatic rings. The van der Waals surface area contributed by atoms with E-state index in [1.54, 1.807) is 0 Å². The van der Waals surface area contributed by atoms with E-state index in [9.17, 15) is 0 Å². The first-order valence-corrected chi connectivity index (χ1v) is 7.29. The smallest absolute Gasteiger partial charge is 0.0224 e. The molecule has 17 heavy (non-hydrogen) atoms. The molecule has 0 radical (unpaired) electrons. The molecule has 1 aliphatic rings. The Morgan fingerprint density at radius 3 is 2.71 bits per heavy atom. The first kappa shape index (κ1) is 14.9. The van der Waals surface area contributed by atoms with Gasteiger partial charge in [0.15, 0.2) is 0 Å². The number of hydrogen-bond donors (Lipinski definition) is 1. The van der Waals surface area contributed by atoms with Crippen molar-refractivity contribution in [1.82, 2.24) is 15.1 Å². The lowest BCUT2D eigenvalue weighted by Gasteiger charge is -2.30. The number of likely N-dealkylation sites (tertiary alicyclic amines) is 1. The predicted molar refractivity (Wildman–Crippen MR) is 75.5 cm³/mol. The van der Waals surface area contributed by atoms with E-state index in [-0.39, 0.29) is 0 Å². The van der Waals surface area contributed by atoms with E-state index in [0.717, 1.165) is 12.6 Å². The molecule has 0 aromatic heterocycles. The van der Waals surface area contributed by atoms with Crippen molar-refractivity contribution in [1.29, 1.82) is 0 Å². The molecule has 1 fully saturated rings. The highest BCUT2D eigenvalue weighted by atomic mass is 15.2. The van der Waals surface area contributed by atoms with Crippen LogP contribution in [0.5, 0.6) is 0 Å². The summed E-state index contributed by atoms with van der Waals surface area (Å²) < 4.78 is 0. The van der Waals surface area contributed by atoms with Crippen LogP contribution in [0.3, 0.4) is 0 Å². The summed E-state index contributed by atoms with van der Waals surface area (Å²) in [4.78, 5) is 5.02. The molecule has 2 unspecified atom stereocenters. The molecule has 0 spiro atoms. The van der Waals surface area contributed by atoms with Crippen LogP contribution in [-0.4, -0.2) is 62.2 Å². The summed E-state index contributed by atoms with van der Waals surface area (Å²) in [5.41, 5.74) is 0. The van der Waals surface area contributed by atoms with Crippen molar-refractivity contribution in [3.63, 3.8) is 0 Å². The van der Waals surface area contributed by atoms with Crippen LogP contribution in [0.1, 0.15) is 39.5 Å². The van der Waals surface area contributed by atoms with Crippen molar-refractivity contribution in [3.05, 3.63) is 0 Å². The molecule has 0 aliphatic carbocycles. The van der Waals surface area contributed by atoms with Gasteiger partial charge in [-0.1, -0.05) is 20.3 Å². The second-order valence-corrected chi connectivity index (χ2v) is 5.60. The Morgan fingerprint density at radius 2 is 2.12 bits per heavy atom. The molecule has 1 N–H and O–H groups in total. The van der Waals surface area contributed by atoms with E-state index >= 15 is 0 Å². The maximum Gasteiger partial charge on any atom is 0.0224 e. The lowest BCUT2D eigenvalue weighted by atomic mass is 10.1. The fraction of sp³-hybridized carbons (Fsp3) is 1.00. The Hall–Kier alpha value is -0.120. The van der Waals surface area contributed by atoms with E-state index in [1.165, 1.54) is 45.3 Å². The van der Waals surface area contributed by atoms with Crippen LogP contribution < -0.4 is 5.32 Å². The van der Waals surface area contributed by atoms with E-state index in [1.807, 2.05) is 0 Å². The van der Waals surface area contributed by atoms with Gasteiger partial charge >= 0.3 is 0 Å². The van der Waals surface area contributed by atoms with E-state index in [4.69, 9.17) is 0 Å². The quantitative estimate of drug-likeness (QED) is 0.699. The van der Waals surface area contributed by atoms with Crippen molar-refractivity contribution in [3.8, 4) is 0 Å². The summed E-state index contributed by atoms with van der Waals surface area (Å²) in [5, 5.41) is 3.63. The molecular weight excluding hydrogens is 210 g/mol. The van der Waals surface area contributed by atoms with E-state index in [2.05, 4.69) is 43.1 Å². The minimum Gasteiger partial charge on any atom is -0.313 e. The zero-order valence-corrected chi connectivity index (χ0v) is 12.2. The number of rotatable bonds is 8. The van der Waals surface area contributed by atoms with Crippen LogP contribution in [0.25, 0.3) is 0 Å². The zero-order valence-electron chi connectivity index (χ0n) is 12.2. The Morgan fingerprint density at radius 1 is 1.35 bits per heavy atom. The fourth-order valence-electron chi connectivity index (χ4n) is 2.94. The first-order chi connectivity index (χ1) is 8.17. The van der Waals surface area contributed by atoms with E-state index < -0.39 is 0 Å². The van der Waals surface area contributed by atoms with Gasteiger partial charge in [-0.15, -0.1) is 0 Å². The normalized spacial score (nSPS) is 23.5. The first-order valence-electron chi connectivity index (χ1n) is 7.29. The van der Waals surface area contributed by atoms with Gasteiger partial charge in [0.1, 0.15) is 0 Å². The minimum atomic E-state index is 0.688. The third-order valence-corrected chi connectivity index (χ3v) is 3.66. The minimum absolute atomic E-state index is 0.688. The van der Waals surface area contributed by atoms with Crippen LogP contribution in [0.4, 0.5) is 0 Å². The molecule has 0 bridgehead atoms. The van der Waals surface area contributed by atoms with Gasteiger partial charge in [-0.25, -0.2) is 0 Å². The Labute approximate surface area is 108 Å². The Bertz CT molecular complexity index is 188. The maximum absolute atomic E-state index is 3.63. The topological polar surface area (TPSA) is 18.5 Å². The number of hydrogen-bond acceptors (Lipinski definition) is 3. The molecule has 1 aliphatic heterocycles. The van der Waals surface area contributed by atoms with Crippen LogP contribution in [0, 0.1) is 0 Å². The third kappa shape index (κ3) is 5.36. The fourth-order valence-corrected chi connectivity index (χ4v) is 2.94. The molecule has 3 nitrogen and oxygen atoms in total. The molecule has 2 atom stereocenters. The van der Waals surface area contributed by atoms with Crippen LogP contribution in [0.2, 0.25) is 0 Å². The molecule has 1 saturated heterocycles. The van der Waals surface area contributed by atoms with Gasteiger partial charge in [-0.2, -0.15) is 0 Å². The number of nitrogens with one attached hydrogen (secondary N) is 1. The second kappa shape index (κ2) is 8.06. The second-order valence-electron chi connectivity index (χ2n) is 5.60. The Balaban J connectivity index is 2.40. The molecule has 3 heteroatoms. The van der Waals surface area contributed by atoms with Crippen LogP contribution >= 0.6 is 0 Å². The highest BCUT2D eigenvalue weighted by Crippen LogP contribution is 2.18. The largest absolute Gasteiger partial charge is 0.313 e. The average Bonchev–Trinajstić information content (AvgIpc) is 2.65. The van der Waals surface area contributed by atoms with Gasteiger partial charge in [-0.3, -0.25) is 4.90 Å². The SMILES string of the molecule is CCCC(CN1CCCC1CN(C)C)NCC. The monoisotopic (exact) mass is 241 g/mol. The van der Waals surface area contributed by atoms with E-state index in [0.29, 0.717) is 6.04 Å². The molecule has 0 aromatic carbocycles. The van der Waals surface area contributed by atoms with Crippen molar-refractivity contribution < 1.29 is 0 Å². The van der Waals surface area contributed by atoms with Crippen molar-refractivity contribution in [2.75, 3.05) is 40.3 Å². The Kier molecular flexibility index (Phi) is 7.09. The van der Waals surface area contributed by atoms with Gasteiger partial charge in [-0.05, 0) is 46.4 Å². The standard InChI is InChI=1S/C14H31N3/c1-5-8-13(15-6-2)11-17-10-7-9-14(17)12-16(3)4/h13-15H,5-12H2,1-4H3. The van der Waals surface area contributed by atoms with Gasteiger partial charge in [0, 0.05) is 25.2 Å². The molecule has 102 valence electrons. The summed E-state index contributed by atoms with van der Waals surface area (Å²) in [6, 6.07) is 1.47. The van der Waals surface area contributed by atoms with Gasteiger partial charge in [0.25, 0.3) is 0 Å². The highest BCUT2D eigenvalue weighted by Gasteiger charge is 2.26. The zero-order chi connectivity index (χ0) is 12.7. The lowest BCUT2D eigenvalue weighted by molar-refractivity contribution is 0.186. The maximum atomic E-state index is 3.63. The van der Waals surface area contributed by atoms with Gasteiger partial charge in [0.2, 0.25) is 0 Å². The molecule has 0 saturated carbocycles. The molecule has 1 heterocycles. The predicted octanol–water partition coefficient (Wildman–Crippen LogP) is 1.79. The number of likely N-dealkylation sites (N-methyl/N-ethyl adjacent to an activating group) is 2. The summed E-state index contributed by atoms with van der Waals surface area (Å²) in [6.07, 6.45) is 5.34. The molecular formula is C14H31N3. The van der Waals surface area contributed by atoms with Crippen LogP contribution in [0.15, 0.2) is 0 Å². The van der Waals surface area contributed by atoms with Crippen LogP contribution in [-0.2, 0) is 0 Å². The van der Waals surface area contributed by atoms with Gasteiger partial charge < -0.3 is 10.2 Å². The lowest BCUT2D eigenvalue weighted by Crippen LogP contribution is -2.45. The summed E-state index contributed by atoms with van der Waals surface area (Å²) >= 11 is 0. The van der Waals surface area contributed by atoms with Gasteiger partial charge in [0.05, 0.1) is 0 Å². The molecule has 0 amide bonds. The third-order valence-electron chi connectivity index (χ3n) is 3.66. The van der Waals surface area contributed by atoms with Crippen molar-refractivity contribution in [2.24, 2.45) is 0 Å². The summed E-state index contributed by atoms with van der Waals surface area (Å²) in [6.45, 7) is 9.34. The number of nitrogens with zero attached hydrogens (tertiary/aromatic N) is 2. The van der Waals surface area contributed by atoms with Crippen molar-refractivity contribution >= 4 is 0 Å². The summed E-state index contributed by atoms with van der Waals surface area (Å²) in [7, 11) is 4.37. The molecule has 1 rings (SSSR count). The highest BCUT2D eigenvalue weighted by molar-refractivity contribution is 4.84. The van der Waals surface area contributed by atoms with Crippen molar-refractivity contribution in [2.45, 2.75) is 51.6 Å². The summed E-state index contributed by atoms with van der Waals surface area (Å²) in [5.74, 6) is 0. The average molecular weight is 241 g/mol.